The number of nitrogens with one attached hydrogen (secondary N) is 1. The van der Waals surface area contributed by atoms with Gasteiger partial charge in [0.1, 0.15) is 5.75 Å². The molecule has 0 spiro atoms. The third kappa shape index (κ3) is 3.22. The molecule has 1 unspecified atom stereocenters. The first-order valence-electron chi connectivity index (χ1n) is 5.27. The summed E-state index contributed by atoms with van der Waals surface area (Å²) in [4.78, 5) is 0. The maximum Gasteiger partial charge on any atom is 0.123 e. The molecule has 0 aliphatic rings. The Hall–Kier alpha value is -1.06. The van der Waals surface area contributed by atoms with Crippen LogP contribution in [-0.2, 0) is 0 Å². The molecule has 1 rings (SSSR count). The second-order valence-electron chi connectivity index (χ2n) is 3.71. The predicted octanol–water partition coefficient (Wildman–Crippen LogP) is 1.61. The zero-order valence-electron chi connectivity index (χ0n) is 9.71. The first-order chi connectivity index (χ1) is 7.19. The van der Waals surface area contributed by atoms with E-state index in [1.165, 1.54) is 11.1 Å². The summed E-state index contributed by atoms with van der Waals surface area (Å²) in [5.41, 5.74) is 7.89. The minimum Gasteiger partial charge on any atom is -0.496 e. The van der Waals surface area contributed by atoms with E-state index in [1.54, 1.807) is 7.11 Å². The number of nitrogens with two attached hydrogens (primary N) is 1. The smallest absolute Gasteiger partial charge is 0.123 e. The highest BCUT2D eigenvalue weighted by Crippen LogP contribution is 2.25. The summed E-state index contributed by atoms with van der Waals surface area (Å²) in [6, 6.07) is 6.47. The van der Waals surface area contributed by atoms with Crippen molar-refractivity contribution in [3.63, 3.8) is 0 Å². The summed E-state index contributed by atoms with van der Waals surface area (Å²) in [5.74, 6) is 0.928. The Morgan fingerprint density at radius 3 is 2.80 bits per heavy atom. The second kappa shape index (κ2) is 5.73. The highest BCUT2D eigenvalue weighted by molar-refractivity contribution is 5.38. The molecule has 3 heteroatoms. The highest BCUT2D eigenvalue weighted by Gasteiger charge is 2.10. The largest absolute Gasteiger partial charge is 0.496 e. The maximum absolute atomic E-state index is 5.46. The third-order valence-electron chi connectivity index (χ3n) is 2.45. The van der Waals surface area contributed by atoms with Crippen LogP contribution >= 0.6 is 0 Å². The van der Waals surface area contributed by atoms with E-state index >= 15 is 0 Å². The fourth-order valence-electron chi connectivity index (χ4n) is 1.60. The van der Waals surface area contributed by atoms with Gasteiger partial charge in [-0.15, -0.1) is 0 Å². The summed E-state index contributed by atoms with van der Waals surface area (Å²) in [6.45, 7) is 5.67. The normalized spacial score (nSPS) is 12.5. The summed E-state index contributed by atoms with van der Waals surface area (Å²) in [6.07, 6.45) is 0. The lowest BCUT2D eigenvalue weighted by Gasteiger charge is -2.17. The second-order valence-corrected chi connectivity index (χ2v) is 3.71. The molecule has 0 saturated heterocycles. The topological polar surface area (TPSA) is 47.3 Å². The number of rotatable bonds is 5. The van der Waals surface area contributed by atoms with Crippen LogP contribution in [0.2, 0.25) is 0 Å². The number of hydrogen-bond donors (Lipinski definition) is 2. The molecule has 0 aromatic heterocycles. The highest BCUT2D eigenvalue weighted by atomic mass is 16.5. The molecule has 0 amide bonds. The van der Waals surface area contributed by atoms with Crippen LogP contribution in [0.5, 0.6) is 5.75 Å². The monoisotopic (exact) mass is 208 g/mol. The van der Waals surface area contributed by atoms with E-state index in [-0.39, 0.29) is 6.04 Å². The molecule has 84 valence electrons. The molecule has 15 heavy (non-hydrogen) atoms. The Balaban J connectivity index is 2.85. The molecule has 0 fully saturated rings. The first kappa shape index (κ1) is 12.0. The molecule has 1 aromatic carbocycles. The van der Waals surface area contributed by atoms with Crippen molar-refractivity contribution in [1.82, 2.24) is 5.32 Å². The summed E-state index contributed by atoms with van der Waals surface area (Å²) in [5, 5.41) is 3.35. The Morgan fingerprint density at radius 2 is 2.20 bits per heavy atom. The molecule has 1 aromatic rings. The molecule has 0 radical (unpaired) electrons. The zero-order valence-corrected chi connectivity index (χ0v) is 9.71. The molecule has 0 aliphatic carbocycles. The van der Waals surface area contributed by atoms with Gasteiger partial charge in [0.05, 0.1) is 7.11 Å². The Kier molecular flexibility index (Phi) is 4.59. The van der Waals surface area contributed by atoms with Gasteiger partial charge in [0, 0.05) is 24.7 Å². The van der Waals surface area contributed by atoms with Crippen LogP contribution in [0.25, 0.3) is 0 Å². The van der Waals surface area contributed by atoms with Gasteiger partial charge in [0.25, 0.3) is 0 Å². The number of benzene rings is 1. The number of aryl methyl sites for hydroxylation is 1. The molecular weight excluding hydrogens is 188 g/mol. The van der Waals surface area contributed by atoms with Gasteiger partial charge in [0.15, 0.2) is 0 Å². The fourth-order valence-corrected chi connectivity index (χ4v) is 1.60. The van der Waals surface area contributed by atoms with Gasteiger partial charge >= 0.3 is 0 Å². The van der Waals surface area contributed by atoms with Crippen LogP contribution in [0.4, 0.5) is 0 Å². The molecular formula is C12H20N2O. The Labute approximate surface area is 91.6 Å². The summed E-state index contributed by atoms with van der Waals surface area (Å²) in [7, 11) is 1.70. The van der Waals surface area contributed by atoms with Crippen molar-refractivity contribution in [2.24, 2.45) is 5.73 Å². The van der Waals surface area contributed by atoms with Crippen molar-refractivity contribution in [1.29, 1.82) is 0 Å². The minimum atomic E-state index is 0.267. The molecule has 3 nitrogen and oxygen atoms in total. The molecule has 0 aliphatic heterocycles. The Bertz CT molecular complexity index is 312. The summed E-state index contributed by atoms with van der Waals surface area (Å²) >= 11 is 0. The van der Waals surface area contributed by atoms with Crippen molar-refractivity contribution in [3.8, 4) is 5.75 Å². The van der Waals surface area contributed by atoms with Gasteiger partial charge in [-0.2, -0.15) is 0 Å². The van der Waals surface area contributed by atoms with Gasteiger partial charge in [-0.3, -0.25) is 0 Å². The van der Waals surface area contributed by atoms with Crippen LogP contribution in [-0.4, -0.2) is 20.2 Å². The van der Waals surface area contributed by atoms with Gasteiger partial charge < -0.3 is 15.8 Å². The van der Waals surface area contributed by atoms with E-state index in [0.29, 0.717) is 6.54 Å². The van der Waals surface area contributed by atoms with Crippen molar-refractivity contribution in [3.05, 3.63) is 29.3 Å². The average Bonchev–Trinajstić information content (AvgIpc) is 2.25. The lowest BCUT2D eigenvalue weighted by atomic mass is 10.0. The SMILES string of the molecule is COc1ccc(C)cc1C(C)NCCN. The average molecular weight is 208 g/mol. The summed E-state index contributed by atoms with van der Waals surface area (Å²) < 4.78 is 5.33. The van der Waals surface area contributed by atoms with Gasteiger partial charge in [-0.05, 0) is 19.9 Å². The quantitative estimate of drug-likeness (QED) is 0.773. The maximum atomic E-state index is 5.46. The van der Waals surface area contributed by atoms with E-state index in [4.69, 9.17) is 10.5 Å². The van der Waals surface area contributed by atoms with E-state index in [2.05, 4.69) is 31.3 Å². The van der Waals surface area contributed by atoms with Crippen molar-refractivity contribution < 1.29 is 4.74 Å². The van der Waals surface area contributed by atoms with Gasteiger partial charge in [0.2, 0.25) is 0 Å². The van der Waals surface area contributed by atoms with Gasteiger partial charge in [-0.1, -0.05) is 17.7 Å². The zero-order chi connectivity index (χ0) is 11.3. The van der Waals surface area contributed by atoms with E-state index in [0.717, 1.165) is 12.3 Å². The third-order valence-corrected chi connectivity index (χ3v) is 2.45. The fraction of sp³-hybridized carbons (Fsp3) is 0.500. The van der Waals surface area contributed by atoms with Crippen molar-refractivity contribution >= 4 is 0 Å². The van der Waals surface area contributed by atoms with Gasteiger partial charge in [-0.25, -0.2) is 0 Å². The number of hydrogen-bond acceptors (Lipinski definition) is 3. The lowest BCUT2D eigenvalue weighted by molar-refractivity contribution is 0.402. The first-order valence-corrected chi connectivity index (χ1v) is 5.27. The lowest BCUT2D eigenvalue weighted by Crippen LogP contribution is -2.25. The standard InChI is InChI=1S/C12H20N2O/c1-9-4-5-12(15-3)11(8-9)10(2)14-7-6-13/h4-5,8,10,14H,6-7,13H2,1-3H3. The molecule has 1 atom stereocenters. The molecule has 0 bridgehead atoms. The molecule has 0 heterocycles. The predicted molar refractivity (Wildman–Crippen MR) is 63.2 cm³/mol. The van der Waals surface area contributed by atoms with Crippen LogP contribution in [0.15, 0.2) is 18.2 Å². The van der Waals surface area contributed by atoms with E-state index in [9.17, 15) is 0 Å². The van der Waals surface area contributed by atoms with Crippen LogP contribution in [0.1, 0.15) is 24.1 Å². The van der Waals surface area contributed by atoms with Crippen molar-refractivity contribution in [2.45, 2.75) is 19.9 Å². The number of methoxy groups -OCH3 is 1. The number of ether oxygens (including phenoxy) is 1. The van der Waals surface area contributed by atoms with Crippen LogP contribution < -0.4 is 15.8 Å². The van der Waals surface area contributed by atoms with Crippen LogP contribution in [0.3, 0.4) is 0 Å². The van der Waals surface area contributed by atoms with E-state index < -0.39 is 0 Å². The minimum absolute atomic E-state index is 0.267. The molecule has 0 saturated carbocycles. The van der Waals surface area contributed by atoms with E-state index in [1.807, 2.05) is 6.07 Å². The van der Waals surface area contributed by atoms with Crippen molar-refractivity contribution in [2.75, 3.05) is 20.2 Å². The Morgan fingerprint density at radius 1 is 1.47 bits per heavy atom. The molecule has 3 N–H and O–H groups in total. The van der Waals surface area contributed by atoms with Crippen LogP contribution in [0, 0.1) is 6.92 Å².